The number of carbonyl (C=O) groups is 2. The van der Waals surface area contributed by atoms with E-state index in [1.807, 2.05) is 0 Å². The average Bonchev–Trinajstić information content (AvgIpc) is 3.14. The Kier molecular flexibility index (Phi) is 7.00. The summed E-state index contributed by atoms with van der Waals surface area (Å²) < 4.78 is 10.6. The molecule has 0 spiro atoms. The van der Waals surface area contributed by atoms with E-state index < -0.39 is 11.9 Å². The lowest BCUT2D eigenvalue weighted by atomic mass is 10.2. The quantitative estimate of drug-likeness (QED) is 0.615. The van der Waals surface area contributed by atoms with Crippen molar-refractivity contribution in [2.24, 2.45) is 0 Å². The summed E-state index contributed by atoms with van der Waals surface area (Å²) in [5.74, 6) is -1.37. The van der Waals surface area contributed by atoms with Crippen molar-refractivity contribution in [3.8, 4) is 11.5 Å². The molecule has 138 valence electrons. The van der Waals surface area contributed by atoms with E-state index in [2.05, 4.69) is 5.32 Å². The number of phenols is 1. The highest BCUT2D eigenvalue weighted by molar-refractivity contribution is 5.97. The summed E-state index contributed by atoms with van der Waals surface area (Å²) >= 11 is 0. The van der Waals surface area contributed by atoms with E-state index in [-0.39, 0.29) is 47.7 Å². The number of esters is 2. The molecule has 0 radical (unpaired) electrons. The lowest BCUT2D eigenvalue weighted by Crippen LogP contribution is -2.28. The molecule has 1 fully saturated rings. The van der Waals surface area contributed by atoms with E-state index in [0.717, 1.165) is 19.4 Å². The first-order valence-electron chi connectivity index (χ1n) is 8.15. The summed E-state index contributed by atoms with van der Waals surface area (Å²) in [5, 5.41) is 13.0. The lowest BCUT2D eigenvalue weighted by molar-refractivity contribution is 0.0468. The van der Waals surface area contributed by atoms with Crippen LogP contribution in [0.5, 0.6) is 11.5 Å². The van der Waals surface area contributed by atoms with Crippen LogP contribution < -0.4 is 10.1 Å². The maximum Gasteiger partial charge on any atom is 0.347 e. The zero-order valence-electron chi connectivity index (χ0n) is 14.0. The second-order valence-corrected chi connectivity index (χ2v) is 5.79. The first-order valence-corrected chi connectivity index (χ1v) is 8.15. The molecule has 0 saturated carbocycles. The molecular weight excluding hydrogens is 358 g/mol. The van der Waals surface area contributed by atoms with Gasteiger partial charge < -0.3 is 19.9 Å². The summed E-state index contributed by atoms with van der Waals surface area (Å²) in [6.07, 6.45) is 2.04. The third-order valence-corrected chi connectivity index (χ3v) is 4.01. The Labute approximate surface area is 157 Å². The lowest BCUT2D eigenvalue weighted by Gasteiger charge is -2.13. The molecule has 1 heterocycles. The SMILES string of the molecule is Cl.O=C(Oc1ccccc1C(=O)OCC1CCCN1)c1ccccc1O. The zero-order chi connectivity index (χ0) is 17.6. The zero-order valence-corrected chi connectivity index (χ0v) is 14.8. The number of carbonyl (C=O) groups excluding carboxylic acids is 2. The Bertz CT molecular complexity index is 774. The summed E-state index contributed by atoms with van der Waals surface area (Å²) in [4.78, 5) is 24.5. The van der Waals surface area contributed by atoms with Crippen molar-refractivity contribution in [2.45, 2.75) is 18.9 Å². The van der Waals surface area contributed by atoms with Gasteiger partial charge >= 0.3 is 11.9 Å². The van der Waals surface area contributed by atoms with E-state index in [1.165, 1.54) is 24.3 Å². The van der Waals surface area contributed by atoms with Crippen LogP contribution in [-0.2, 0) is 4.74 Å². The number of rotatable bonds is 5. The molecule has 3 rings (SSSR count). The van der Waals surface area contributed by atoms with Gasteiger partial charge in [-0.2, -0.15) is 0 Å². The van der Waals surface area contributed by atoms with Crippen molar-refractivity contribution in [1.82, 2.24) is 5.32 Å². The van der Waals surface area contributed by atoms with Gasteiger partial charge in [0.05, 0.1) is 0 Å². The van der Waals surface area contributed by atoms with Crippen LogP contribution in [0.15, 0.2) is 48.5 Å². The molecule has 0 aromatic heterocycles. The van der Waals surface area contributed by atoms with Crippen LogP contribution >= 0.6 is 12.4 Å². The minimum absolute atomic E-state index is 0. The molecule has 2 N–H and O–H groups in total. The van der Waals surface area contributed by atoms with Crippen LogP contribution in [0.1, 0.15) is 33.6 Å². The van der Waals surface area contributed by atoms with Gasteiger partial charge in [-0.15, -0.1) is 12.4 Å². The number of ether oxygens (including phenoxy) is 2. The van der Waals surface area contributed by atoms with Crippen molar-refractivity contribution in [1.29, 1.82) is 0 Å². The summed E-state index contributed by atoms with van der Waals surface area (Å²) in [6, 6.07) is 12.6. The molecule has 1 aliphatic rings. The van der Waals surface area contributed by atoms with Gasteiger partial charge in [0.25, 0.3) is 0 Å². The number of hydrogen-bond donors (Lipinski definition) is 2. The molecule has 0 amide bonds. The standard InChI is InChI=1S/C19H19NO5.ClH/c21-16-9-3-1-7-14(16)19(23)25-17-10-4-2-8-15(17)18(22)24-12-13-6-5-11-20-13;/h1-4,7-10,13,20-21H,5-6,11-12H2;1H. The fourth-order valence-corrected chi connectivity index (χ4v) is 2.68. The third-order valence-electron chi connectivity index (χ3n) is 4.01. The molecule has 1 unspecified atom stereocenters. The molecule has 7 heteroatoms. The highest BCUT2D eigenvalue weighted by atomic mass is 35.5. The van der Waals surface area contributed by atoms with Gasteiger partial charge in [0.1, 0.15) is 29.2 Å². The van der Waals surface area contributed by atoms with Gasteiger partial charge in [0.15, 0.2) is 0 Å². The van der Waals surface area contributed by atoms with Gasteiger partial charge in [-0.1, -0.05) is 24.3 Å². The molecule has 1 saturated heterocycles. The van der Waals surface area contributed by atoms with Gasteiger partial charge in [0, 0.05) is 6.04 Å². The third kappa shape index (κ3) is 4.74. The number of nitrogens with one attached hydrogen (secondary N) is 1. The molecular formula is C19H20ClNO5. The minimum atomic E-state index is -0.740. The van der Waals surface area contributed by atoms with Gasteiger partial charge in [0.2, 0.25) is 0 Å². The Hall–Kier alpha value is -2.57. The van der Waals surface area contributed by atoms with Crippen LogP contribution in [0.25, 0.3) is 0 Å². The van der Waals surface area contributed by atoms with Crippen LogP contribution in [-0.4, -0.2) is 36.2 Å². The van der Waals surface area contributed by atoms with E-state index >= 15 is 0 Å². The Morgan fingerprint density at radius 2 is 1.73 bits per heavy atom. The smallest absolute Gasteiger partial charge is 0.347 e. The summed E-state index contributed by atoms with van der Waals surface area (Å²) in [6.45, 7) is 1.21. The van der Waals surface area contributed by atoms with E-state index in [9.17, 15) is 14.7 Å². The number of phenolic OH excluding ortho intramolecular Hbond substituents is 1. The Morgan fingerprint density at radius 3 is 2.42 bits per heavy atom. The first-order chi connectivity index (χ1) is 12.1. The monoisotopic (exact) mass is 377 g/mol. The second kappa shape index (κ2) is 9.22. The van der Waals surface area contributed by atoms with E-state index in [1.54, 1.807) is 24.3 Å². The molecule has 1 atom stereocenters. The predicted octanol–water partition coefficient (Wildman–Crippen LogP) is 2.94. The van der Waals surface area contributed by atoms with Crippen molar-refractivity contribution in [3.05, 3.63) is 59.7 Å². The number of hydrogen-bond acceptors (Lipinski definition) is 6. The maximum atomic E-state index is 12.3. The van der Waals surface area contributed by atoms with Crippen molar-refractivity contribution < 1.29 is 24.2 Å². The Balaban J connectivity index is 0.00000243. The largest absolute Gasteiger partial charge is 0.507 e. The van der Waals surface area contributed by atoms with Crippen LogP contribution in [0.3, 0.4) is 0 Å². The van der Waals surface area contributed by atoms with Crippen molar-refractivity contribution in [2.75, 3.05) is 13.2 Å². The summed E-state index contributed by atoms with van der Waals surface area (Å²) in [7, 11) is 0. The highest BCUT2D eigenvalue weighted by Gasteiger charge is 2.21. The van der Waals surface area contributed by atoms with Gasteiger partial charge in [-0.3, -0.25) is 0 Å². The average molecular weight is 378 g/mol. The maximum absolute atomic E-state index is 12.3. The van der Waals surface area contributed by atoms with Gasteiger partial charge in [-0.05, 0) is 43.7 Å². The fraction of sp³-hybridized carbons (Fsp3) is 0.263. The number of benzene rings is 2. The minimum Gasteiger partial charge on any atom is -0.507 e. The number of para-hydroxylation sites is 2. The second-order valence-electron chi connectivity index (χ2n) is 5.79. The molecule has 26 heavy (non-hydrogen) atoms. The van der Waals surface area contributed by atoms with E-state index in [0.29, 0.717) is 0 Å². The van der Waals surface area contributed by atoms with Crippen LogP contribution in [0.2, 0.25) is 0 Å². The first kappa shape index (κ1) is 19.8. The highest BCUT2D eigenvalue weighted by Crippen LogP contribution is 2.23. The predicted molar refractivity (Wildman–Crippen MR) is 98.1 cm³/mol. The molecule has 1 aliphatic heterocycles. The van der Waals surface area contributed by atoms with Crippen LogP contribution in [0, 0.1) is 0 Å². The van der Waals surface area contributed by atoms with E-state index in [4.69, 9.17) is 9.47 Å². The molecule has 0 bridgehead atoms. The normalized spacial score (nSPS) is 15.8. The van der Waals surface area contributed by atoms with Gasteiger partial charge in [-0.25, -0.2) is 9.59 Å². The molecule has 2 aromatic carbocycles. The molecule has 6 nitrogen and oxygen atoms in total. The van der Waals surface area contributed by atoms with Crippen LogP contribution in [0.4, 0.5) is 0 Å². The summed E-state index contributed by atoms with van der Waals surface area (Å²) in [5.41, 5.74) is 0.199. The van der Waals surface area contributed by atoms with Crippen molar-refractivity contribution in [3.63, 3.8) is 0 Å². The van der Waals surface area contributed by atoms with Crippen molar-refractivity contribution >= 4 is 24.3 Å². The fourth-order valence-electron chi connectivity index (χ4n) is 2.68. The number of halogens is 1. The Morgan fingerprint density at radius 1 is 1.04 bits per heavy atom. The molecule has 2 aromatic rings. The number of aromatic hydroxyl groups is 1. The topological polar surface area (TPSA) is 84.9 Å². The molecule has 0 aliphatic carbocycles.